The molecule has 0 bridgehead atoms. The fourth-order valence-electron chi connectivity index (χ4n) is 3.49. The van der Waals surface area contributed by atoms with E-state index in [1.165, 1.54) is 24.0 Å². The zero-order chi connectivity index (χ0) is 17.0. The van der Waals surface area contributed by atoms with Crippen molar-refractivity contribution in [2.75, 3.05) is 0 Å². The van der Waals surface area contributed by atoms with Gasteiger partial charge >= 0.3 is 0 Å². The van der Waals surface area contributed by atoms with Crippen LogP contribution in [0.15, 0.2) is 18.2 Å². The van der Waals surface area contributed by atoms with E-state index in [1.54, 1.807) is 0 Å². The average Bonchev–Trinajstić information content (AvgIpc) is 2.52. The Labute approximate surface area is 140 Å². The van der Waals surface area contributed by atoms with Crippen molar-refractivity contribution in [2.24, 2.45) is 11.8 Å². The summed E-state index contributed by atoms with van der Waals surface area (Å²) in [5.74, 6) is 1.69. The maximum atomic E-state index is 12.5. The van der Waals surface area contributed by atoms with Crippen LogP contribution in [0, 0.1) is 11.8 Å². The second-order valence-electron chi connectivity index (χ2n) is 7.38. The molecule has 0 saturated carbocycles. The average molecular weight is 317 g/mol. The number of benzene rings is 1. The zero-order valence-electron chi connectivity index (χ0n) is 15.2. The van der Waals surface area contributed by atoms with Crippen LogP contribution in [0.3, 0.4) is 0 Å². The van der Waals surface area contributed by atoms with Crippen molar-refractivity contribution < 1.29 is 9.53 Å². The number of ether oxygens (including phenoxy) is 1. The summed E-state index contributed by atoms with van der Waals surface area (Å²) in [6.45, 7) is 10.4. The number of amides is 1. The molecule has 23 heavy (non-hydrogen) atoms. The van der Waals surface area contributed by atoms with Gasteiger partial charge in [-0.05, 0) is 61.6 Å². The predicted octanol–water partition coefficient (Wildman–Crippen LogP) is 4.13. The Bertz CT molecular complexity index is 528. The van der Waals surface area contributed by atoms with Crippen LogP contribution < -0.4 is 10.1 Å². The quantitative estimate of drug-likeness (QED) is 0.856. The Kier molecular flexibility index (Phi) is 6.09. The SMILES string of the molecule is CC(Oc1cccc2c1CCCC2)C(=O)NC(C(C)C)C(C)C. The molecule has 0 aliphatic heterocycles. The summed E-state index contributed by atoms with van der Waals surface area (Å²) >= 11 is 0. The molecule has 1 aliphatic carbocycles. The molecule has 1 unspecified atom stereocenters. The van der Waals surface area contributed by atoms with Gasteiger partial charge in [0.15, 0.2) is 6.10 Å². The van der Waals surface area contributed by atoms with Crippen molar-refractivity contribution in [3.63, 3.8) is 0 Å². The number of aryl methyl sites for hydroxylation is 1. The van der Waals surface area contributed by atoms with Crippen molar-refractivity contribution in [1.82, 2.24) is 5.32 Å². The van der Waals surface area contributed by atoms with Crippen LogP contribution in [0.25, 0.3) is 0 Å². The first-order valence-electron chi connectivity index (χ1n) is 8.98. The number of carbonyl (C=O) groups excluding carboxylic acids is 1. The maximum Gasteiger partial charge on any atom is 0.261 e. The molecule has 0 aromatic heterocycles. The highest BCUT2D eigenvalue weighted by atomic mass is 16.5. The topological polar surface area (TPSA) is 38.3 Å². The molecule has 128 valence electrons. The summed E-state index contributed by atoms with van der Waals surface area (Å²) in [5.41, 5.74) is 2.67. The Hall–Kier alpha value is -1.51. The second-order valence-corrected chi connectivity index (χ2v) is 7.38. The van der Waals surface area contributed by atoms with Gasteiger partial charge < -0.3 is 10.1 Å². The molecule has 0 saturated heterocycles. The highest BCUT2D eigenvalue weighted by Crippen LogP contribution is 2.30. The first kappa shape index (κ1) is 17.8. The minimum atomic E-state index is -0.469. The van der Waals surface area contributed by atoms with Gasteiger partial charge in [-0.15, -0.1) is 0 Å². The number of hydrogen-bond acceptors (Lipinski definition) is 2. The largest absolute Gasteiger partial charge is 0.481 e. The van der Waals surface area contributed by atoms with Crippen LogP contribution in [0.5, 0.6) is 5.75 Å². The van der Waals surface area contributed by atoms with E-state index in [4.69, 9.17) is 4.74 Å². The molecule has 2 rings (SSSR count). The first-order chi connectivity index (χ1) is 10.9. The number of carbonyl (C=O) groups is 1. The summed E-state index contributed by atoms with van der Waals surface area (Å²) in [5, 5.41) is 3.15. The standard InChI is InChI=1S/C20H31NO2/c1-13(2)19(14(3)4)21-20(22)15(5)23-18-12-8-10-16-9-6-7-11-17(16)18/h8,10,12-15,19H,6-7,9,11H2,1-5H3,(H,21,22). The van der Waals surface area contributed by atoms with Crippen molar-refractivity contribution in [3.8, 4) is 5.75 Å². The van der Waals surface area contributed by atoms with E-state index in [9.17, 15) is 4.79 Å². The van der Waals surface area contributed by atoms with Gasteiger partial charge in [-0.25, -0.2) is 0 Å². The fourth-order valence-corrected chi connectivity index (χ4v) is 3.49. The van der Waals surface area contributed by atoms with Crippen molar-refractivity contribution in [3.05, 3.63) is 29.3 Å². The molecule has 0 fully saturated rings. The van der Waals surface area contributed by atoms with E-state index in [0.29, 0.717) is 11.8 Å². The summed E-state index contributed by atoms with van der Waals surface area (Å²) in [7, 11) is 0. The van der Waals surface area contributed by atoms with Crippen LogP contribution >= 0.6 is 0 Å². The summed E-state index contributed by atoms with van der Waals surface area (Å²) < 4.78 is 6.02. The molecule has 3 nitrogen and oxygen atoms in total. The van der Waals surface area contributed by atoms with Crippen molar-refractivity contribution in [2.45, 2.75) is 72.4 Å². The predicted molar refractivity (Wildman–Crippen MR) is 94.8 cm³/mol. The van der Waals surface area contributed by atoms with Gasteiger partial charge in [0.1, 0.15) is 5.75 Å². The molecular weight excluding hydrogens is 286 g/mol. The monoisotopic (exact) mass is 317 g/mol. The van der Waals surface area contributed by atoms with E-state index >= 15 is 0 Å². The van der Waals surface area contributed by atoms with E-state index in [1.807, 2.05) is 19.1 Å². The molecule has 0 radical (unpaired) electrons. The smallest absolute Gasteiger partial charge is 0.261 e. The van der Waals surface area contributed by atoms with E-state index in [0.717, 1.165) is 18.6 Å². The minimum Gasteiger partial charge on any atom is -0.481 e. The molecule has 1 aliphatic rings. The number of nitrogens with one attached hydrogen (secondary N) is 1. The highest BCUT2D eigenvalue weighted by molar-refractivity contribution is 5.81. The lowest BCUT2D eigenvalue weighted by molar-refractivity contribution is -0.128. The lowest BCUT2D eigenvalue weighted by atomic mass is 9.91. The van der Waals surface area contributed by atoms with Crippen LogP contribution in [-0.2, 0) is 17.6 Å². The van der Waals surface area contributed by atoms with Gasteiger partial charge in [-0.2, -0.15) is 0 Å². The third-order valence-electron chi connectivity index (χ3n) is 4.77. The minimum absolute atomic E-state index is 0.0224. The van der Waals surface area contributed by atoms with Gasteiger partial charge in [0.2, 0.25) is 0 Å². The second kappa shape index (κ2) is 7.85. The molecule has 1 aromatic rings. The number of hydrogen-bond donors (Lipinski definition) is 1. The van der Waals surface area contributed by atoms with Crippen LogP contribution in [-0.4, -0.2) is 18.1 Å². The molecule has 0 spiro atoms. The van der Waals surface area contributed by atoms with Crippen molar-refractivity contribution >= 4 is 5.91 Å². The molecule has 1 aromatic carbocycles. The van der Waals surface area contributed by atoms with E-state index in [-0.39, 0.29) is 11.9 Å². The van der Waals surface area contributed by atoms with Crippen molar-refractivity contribution in [1.29, 1.82) is 0 Å². The lowest BCUT2D eigenvalue weighted by Crippen LogP contribution is -2.47. The van der Waals surface area contributed by atoms with Gasteiger partial charge in [-0.3, -0.25) is 4.79 Å². The molecule has 1 atom stereocenters. The Morgan fingerprint density at radius 3 is 2.35 bits per heavy atom. The Morgan fingerprint density at radius 2 is 1.70 bits per heavy atom. The fraction of sp³-hybridized carbons (Fsp3) is 0.650. The van der Waals surface area contributed by atoms with Gasteiger partial charge in [-0.1, -0.05) is 39.8 Å². The molecule has 3 heteroatoms. The third-order valence-corrected chi connectivity index (χ3v) is 4.77. The molecule has 0 heterocycles. The van der Waals surface area contributed by atoms with E-state index in [2.05, 4.69) is 39.1 Å². The first-order valence-corrected chi connectivity index (χ1v) is 8.98. The van der Waals surface area contributed by atoms with Crippen LogP contribution in [0.4, 0.5) is 0 Å². The van der Waals surface area contributed by atoms with Gasteiger partial charge in [0, 0.05) is 6.04 Å². The number of rotatable bonds is 6. The zero-order valence-corrected chi connectivity index (χ0v) is 15.2. The third kappa shape index (κ3) is 4.49. The van der Waals surface area contributed by atoms with Gasteiger partial charge in [0.05, 0.1) is 0 Å². The van der Waals surface area contributed by atoms with Crippen LogP contribution in [0.2, 0.25) is 0 Å². The lowest BCUT2D eigenvalue weighted by Gasteiger charge is -2.28. The summed E-state index contributed by atoms with van der Waals surface area (Å²) in [6.07, 6.45) is 4.16. The van der Waals surface area contributed by atoms with E-state index < -0.39 is 6.10 Å². The summed E-state index contributed by atoms with van der Waals surface area (Å²) in [4.78, 5) is 12.5. The molecule has 1 amide bonds. The summed E-state index contributed by atoms with van der Waals surface area (Å²) in [6, 6.07) is 6.39. The normalized spacial score (nSPS) is 15.7. The number of fused-ring (bicyclic) bond motifs is 1. The van der Waals surface area contributed by atoms with Gasteiger partial charge in [0.25, 0.3) is 5.91 Å². The Balaban J connectivity index is 2.04. The maximum absolute atomic E-state index is 12.5. The highest BCUT2D eigenvalue weighted by Gasteiger charge is 2.24. The molecular formula is C20H31NO2. The van der Waals surface area contributed by atoms with Crippen LogP contribution in [0.1, 0.15) is 58.6 Å². The molecule has 1 N–H and O–H groups in total. The Morgan fingerprint density at radius 1 is 1.04 bits per heavy atom.